The minimum Gasteiger partial charge on any atom is -0.354 e. The summed E-state index contributed by atoms with van der Waals surface area (Å²) in [6.45, 7) is 4.53. The molecule has 1 aliphatic rings. The number of hydrogen-bond donors (Lipinski definition) is 2. The van der Waals surface area contributed by atoms with Crippen LogP contribution in [0.4, 0.5) is 0 Å². The molecule has 8 nitrogen and oxygen atoms in total. The van der Waals surface area contributed by atoms with Gasteiger partial charge in [0.15, 0.2) is 0 Å². The highest BCUT2D eigenvalue weighted by Crippen LogP contribution is 2.23. The maximum absolute atomic E-state index is 12.4. The highest BCUT2D eigenvalue weighted by molar-refractivity contribution is 5.92. The maximum Gasteiger partial charge on any atom is 0.328 e. The molecule has 0 atom stereocenters. The van der Waals surface area contributed by atoms with Crippen LogP contribution in [0.2, 0.25) is 0 Å². The van der Waals surface area contributed by atoms with Gasteiger partial charge in [-0.1, -0.05) is 18.2 Å². The van der Waals surface area contributed by atoms with Crippen molar-refractivity contribution in [2.24, 2.45) is 0 Å². The average Bonchev–Trinajstić information content (AvgIpc) is 2.79. The summed E-state index contributed by atoms with van der Waals surface area (Å²) >= 11 is 0. The van der Waals surface area contributed by atoms with Crippen molar-refractivity contribution in [2.75, 3.05) is 20.1 Å². The molecule has 31 heavy (non-hydrogen) atoms. The minimum absolute atomic E-state index is 0.194. The highest BCUT2D eigenvalue weighted by Gasteiger charge is 2.15. The van der Waals surface area contributed by atoms with E-state index in [9.17, 15) is 14.4 Å². The monoisotopic (exact) mass is 419 g/mol. The summed E-state index contributed by atoms with van der Waals surface area (Å²) < 4.78 is 1.20. The Morgan fingerprint density at radius 2 is 2.06 bits per heavy atom. The second kappa shape index (κ2) is 8.69. The van der Waals surface area contributed by atoms with Crippen LogP contribution in [0.5, 0.6) is 0 Å². The van der Waals surface area contributed by atoms with Crippen molar-refractivity contribution in [3.63, 3.8) is 0 Å². The molecule has 1 amide bonds. The Morgan fingerprint density at radius 3 is 2.71 bits per heavy atom. The van der Waals surface area contributed by atoms with Crippen LogP contribution in [-0.2, 0) is 13.1 Å². The van der Waals surface area contributed by atoms with E-state index in [-0.39, 0.29) is 17.2 Å². The van der Waals surface area contributed by atoms with Gasteiger partial charge in [0, 0.05) is 39.4 Å². The molecule has 2 N–H and O–H groups in total. The standard InChI is InChI=1S/C23H25N5O3/c1-3-28-22(30)18-6-4-15(12-20(18)26-23(28)31)14-27-10-8-16(9-11-27)17-5-7-19(25-13-17)21(29)24-2/h4-8,12-13H,3,9-11,14H2,1-2H3,(H,24,29)(H,26,31). The number of carbonyl (C=O) groups is 1. The minimum atomic E-state index is -0.376. The lowest BCUT2D eigenvalue weighted by atomic mass is 10.0. The number of nitrogens with one attached hydrogen (secondary N) is 2. The maximum atomic E-state index is 12.4. The summed E-state index contributed by atoms with van der Waals surface area (Å²) in [5.41, 5.74) is 3.65. The zero-order chi connectivity index (χ0) is 22.0. The van der Waals surface area contributed by atoms with Crippen molar-refractivity contribution < 1.29 is 4.79 Å². The number of amides is 1. The molecule has 0 aliphatic carbocycles. The third kappa shape index (κ3) is 4.20. The van der Waals surface area contributed by atoms with Crippen molar-refractivity contribution in [1.82, 2.24) is 24.8 Å². The van der Waals surface area contributed by atoms with E-state index >= 15 is 0 Å². The summed E-state index contributed by atoms with van der Waals surface area (Å²) in [4.78, 5) is 45.5. The molecule has 1 aliphatic heterocycles. The summed E-state index contributed by atoms with van der Waals surface area (Å²) in [6.07, 6.45) is 4.81. The lowest BCUT2D eigenvalue weighted by molar-refractivity contribution is 0.0958. The molecular weight excluding hydrogens is 394 g/mol. The fraction of sp³-hybridized carbons (Fsp3) is 0.304. The van der Waals surface area contributed by atoms with Gasteiger partial charge in [0.05, 0.1) is 10.9 Å². The number of carbonyl (C=O) groups excluding carboxylic acids is 1. The largest absolute Gasteiger partial charge is 0.354 e. The SMILES string of the molecule is CCn1c(=O)[nH]c2cc(CN3CC=C(c4ccc(C(=O)NC)nc4)CC3)ccc2c1=O. The molecule has 2 aromatic heterocycles. The molecule has 3 heterocycles. The molecule has 0 unspecified atom stereocenters. The fourth-order valence-corrected chi connectivity index (χ4v) is 3.91. The smallest absolute Gasteiger partial charge is 0.328 e. The Balaban J connectivity index is 1.47. The molecule has 0 fully saturated rings. The molecule has 0 saturated carbocycles. The second-order valence-electron chi connectivity index (χ2n) is 7.59. The third-order valence-electron chi connectivity index (χ3n) is 5.66. The number of H-pyrrole nitrogens is 1. The van der Waals surface area contributed by atoms with Gasteiger partial charge >= 0.3 is 5.69 Å². The first-order valence-electron chi connectivity index (χ1n) is 10.4. The number of aromatic amines is 1. The van der Waals surface area contributed by atoms with E-state index in [1.54, 1.807) is 32.3 Å². The van der Waals surface area contributed by atoms with Crippen molar-refractivity contribution in [2.45, 2.75) is 26.4 Å². The highest BCUT2D eigenvalue weighted by atomic mass is 16.2. The molecule has 4 rings (SSSR count). The van der Waals surface area contributed by atoms with E-state index < -0.39 is 0 Å². The van der Waals surface area contributed by atoms with E-state index in [1.807, 2.05) is 18.2 Å². The van der Waals surface area contributed by atoms with Crippen LogP contribution in [0.25, 0.3) is 16.5 Å². The molecular formula is C23H25N5O3. The molecule has 3 aromatic rings. The zero-order valence-electron chi connectivity index (χ0n) is 17.6. The Labute approximate surface area is 179 Å². The molecule has 8 heteroatoms. The van der Waals surface area contributed by atoms with Crippen molar-refractivity contribution in [3.8, 4) is 0 Å². The van der Waals surface area contributed by atoms with E-state index in [0.717, 1.165) is 37.2 Å². The third-order valence-corrected chi connectivity index (χ3v) is 5.66. The Bertz CT molecular complexity index is 1270. The molecule has 0 spiro atoms. The van der Waals surface area contributed by atoms with Crippen molar-refractivity contribution in [3.05, 3.63) is 80.3 Å². The van der Waals surface area contributed by atoms with Gasteiger partial charge in [-0.25, -0.2) is 4.79 Å². The van der Waals surface area contributed by atoms with Gasteiger partial charge in [-0.2, -0.15) is 0 Å². The zero-order valence-corrected chi connectivity index (χ0v) is 17.6. The number of pyridine rings is 1. The van der Waals surface area contributed by atoms with Gasteiger partial charge in [-0.15, -0.1) is 0 Å². The normalized spacial score (nSPS) is 14.5. The van der Waals surface area contributed by atoms with E-state index in [2.05, 4.69) is 26.3 Å². The van der Waals surface area contributed by atoms with Gasteiger partial charge in [0.2, 0.25) is 0 Å². The average molecular weight is 419 g/mol. The predicted molar refractivity (Wildman–Crippen MR) is 120 cm³/mol. The van der Waals surface area contributed by atoms with Crippen LogP contribution in [-0.4, -0.2) is 45.5 Å². The van der Waals surface area contributed by atoms with E-state index in [1.165, 1.54) is 10.1 Å². The first-order valence-corrected chi connectivity index (χ1v) is 10.4. The molecule has 1 aromatic carbocycles. The van der Waals surface area contributed by atoms with Gasteiger partial charge in [-0.05, 0) is 48.2 Å². The van der Waals surface area contributed by atoms with Crippen LogP contribution in [0.1, 0.15) is 35.0 Å². The van der Waals surface area contributed by atoms with E-state index in [0.29, 0.717) is 23.1 Å². The van der Waals surface area contributed by atoms with Gasteiger partial charge in [-0.3, -0.25) is 24.0 Å². The molecule has 0 saturated heterocycles. The number of aromatic nitrogens is 3. The quantitative estimate of drug-likeness (QED) is 0.656. The van der Waals surface area contributed by atoms with Gasteiger partial charge in [0.1, 0.15) is 5.69 Å². The van der Waals surface area contributed by atoms with E-state index in [4.69, 9.17) is 0 Å². The summed E-state index contributed by atoms with van der Waals surface area (Å²) in [6, 6.07) is 9.30. The first-order chi connectivity index (χ1) is 15.0. The lowest BCUT2D eigenvalue weighted by Gasteiger charge is -2.26. The number of hydrogen-bond acceptors (Lipinski definition) is 5. The summed E-state index contributed by atoms with van der Waals surface area (Å²) in [5, 5.41) is 3.10. The van der Waals surface area contributed by atoms with Gasteiger partial charge < -0.3 is 10.3 Å². The molecule has 160 valence electrons. The number of rotatable bonds is 5. The summed E-state index contributed by atoms with van der Waals surface area (Å²) in [7, 11) is 1.59. The molecule has 0 bridgehead atoms. The Morgan fingerprint density at radius 1 is 1.23 bits per heavy atom. The number of benzene rings is 1. The van der Waals surface area contributed by atoms with Crippen LogP contribution in [0.3, 0.4) is 0 Å². The lowest BCUT2D eigenvalue weighted by Crippen LogP contribution is -2.34. The van der Waals surface area contributed by atoms with Crippen LogP contribution in [0.15, 0.2) is 52.2 Å². The first kappa shape index (κ1) is 20.7. The van der Waals surface area contributed by atoms with Crippen LogP contribution in [0, 0.1) is 0 Å². The van der Waals surface area contributed by atoms with Crippen molar-refractivity contribution >= 4 is 22.4 Å². The fourth-order valence-electron chi connectivity index (χ4n) is 3.91. The summed E-state index contributed by atoms with van der Waals surface area (Å²) in [5.74, 6) is -0.194. The Kier molecular flexibility index (Phi) is 5.81. The predicted octanol–water partition coefficient (Wildman–Crippen LogP) is 1.75. The van der Waals surface area contributed by atoms with Crippen LogP contribution < -0.4 is 16.6 Å². The van der Waals surface area contributed by atoms with Gasteiger partial charge in [0.25, 0.3) is 11.5 Å². The van der Waals surface area contributed by atoms with Crippen molar-refractivity contribution in [1.29, 1.82) is 0 Å². The molecule has 0 radical (unpaired) electrons. The number of nitrogens with zero attached hydrogens (tertiary/aromatic N) is 3. The van der Waals surface area contributed by atoms with Crippen LogP contribution >= 0.6 is 0 Å². The Hall–Kier alpha value is -3.52. The number of fused-ring (bicyclic) bond motifs is 1. The second-order valence-corrected chi connectivity index (χ2v) is 7.59. The topological polar surface area (TPSA) is 100 Å².